The molecule has 2 N–H and O–H groups in total. The zero-order chi connectivity index (χ0) is 11.5. The van der Waals surface area contributed by atoms with Crippen LogP contribution in [-0.2, 0) is 14.3 Å². The molecule has 0 bridgehead atoms. The summed E-state index contributed by atoms with van der Waals surface area (Å²) in [5.41, 5.74) is 0.163. The van der Waals surface area contributed by atoms with Gasteiger partial charge in [0, 0.05) is 6.20 Å². The van der Waals surface area contributed by atoms with Gasteiger partial charge in [0.25, 0.3) is 0 Å². The molecule has 0 atom stereocenters. The van der Waals surface area contributed by atoms with E-state index in [1.54, 1.807) is 30.5 Å². The number of allylic oxidation sites excluding steroid dienone is 4. The van der Waals surface area contributed by atoms with Crippen LogP contribution < -0.4 is 5.32 Å². The largest absolute Gasteiger partial charge is 0.482 e. The van der Waals surface area contributed by atoms with Crippen molar-refractivity contribution in [1.82, 2.24) is 5.32 Å². The molecular weight excluding hydrogens is 210 g/mol. The number of hydrogen-bond acceptors (Lipinski definition) is 4. The lowest BCUT2D eigenvalue weighted by molar-refractivity contribution is -0.134. The number of Topliss-reactive ketones (excluding diaryl/α,β-unsaturated/α-hetero) is 1. The molecule has 5 heteroatoms. The maximum absolute atomic E-state index is 11.3. The molecule has 2 aliphatic heterocycles. The highest BCUT2D eigenvalue weighted by atomic mass is 16.5. The number of aliphatic carboxylic acids is 1. The Labute approximate surface area is 91.4 Å². The smallest absolute Gasteiger partial charge is 0.343 e. The number of ketones is 1. The average molecular weight is 219 g/mol. The molecule has 0 saturated heterocycles. The van der Waals surface area contributed by atoms with Crippen molar-refractivity contribution >= 4 is 11.8 Å². The standard InChI is InChI=1S/C11H9NO4/c13-8-6-16-10(9(8)11(14)15)7-4-2-1-3-5-12-7/h1-5,12H,6H2,(H,14,15). The third-order valence-corrected chi connectivity index (χ3v) is 2.13. The molecule has 2 rings (SSSR count). The lowest BCUT2D eigenvalue weighted by atomic mass is 10.1. The predicted molar refractivity (Wildman–Crippen MR) is 55.1 cm³/mol. The van der Waals surface area contributed by atoms with Gasteiger partial charge in [0.05, 0.1) is 5.70 Å². The molecule has 0 aromatic carbocycles. The Balaban J connectivity index is 2.42. The van der Waals surface area contributed by atoms with Crippen molar-refractivity contribution in [2.45, 2.75) is 0 Å². The van der Waals surface area contributed by atoms with Crippen LogP contribution in [0.4, 0.5) is 0 Å². The summed E-state index contributed by atoms with van der Waals surface area (Å²) in [7, 11) is 0. The lowest BCUT2D eigenvalue weighted by Gasteiger charge is -2.07. The van der Waals surface area contributed by atoms with Crippen molar-refractivity contribution in [3.63, 3.8) is 0 Å². The predicted octanol–water partition coefficient (Wildman–Crippen LogP) is 0.481. The Kier molecular flexibility index (Phi) is 2.59. The highest BCUT2D eigenvalue weighted by Crippen LogP contribution is 2.22. The molecule has 0 aromatic heterocycles. The third-order valence-electron chi connectivity index (χ3n) is 2.13. The van der Waals surface area contributed by atoms with E-state index in [4.69, 9.17) is 9.84 Å². The van der Waals surface area contributed by atoms with Crippen LogP contribution in [0.2, 0.25) is 0 Å². The van der Waals surface area contributed by atoms with Crippen molar-refractivity contribution < 1.29 is 19.4 Å². The van der Waals surface area contributed by atoms with Gasteiger partial charge in [0.1, 0.15) is 0 Å². The van der Waals surface area contributed by atoms with E-state index in [1.165, 1.54) is 0 Å². The third kappa shape index (κ3) is 1.75. The summed E-state index contributed by atoms with van der Waals surface area (Å²) in [5.74, 6) is -1.69. The summed E-state index contributed by atoms with van der Waals surface area (Å²) in [6, 6.07) is 0. The minimum absolute atomic E-state index is 0.0914. The van der Waals surface area contributed by atoms with Gasteiger partial charge in [-0.1, -0.05) is 12.2 Å². The Bertz CT molecular complexity index is 468. The molecule has 5 nitrogen and oxygen atoms in total. The summed E-state index contributed by atoms with van der Waals surface area (Å²) in [4.78, 5) is 22.2. The molecule has 82 valence electrons. The fourth-order valence-electron chi connectivity index (χ4n) is 1.44. The number of carbonyl (C=O) groups excluding carboxylic acids is 1. The minimum Gasteiger partial charge on any atom is -0.482 e. The molecule has 0 spiro atoms. The van der Waals surface area contributed by atoms with Gasteiger partial charge in [-0.15, -0.1) is 0 Å². The van der Waals surface area contributed by atoms with Gasteiger partial charge in [-0.3, -0.25) is 4.79 Å². The summed E-state index contributed by atoms with van der Waals surface area (Å²) in [6.07, 6.45) is 8.54. The van der Waals surface area contributed by atoms with Crippen molar-refractivity contribution in [3.8, 4) is 0 Å². The quantitative estimate of drug-likeness (QED) is 0.661. The molecule has 0 saturated carbocycles. The van der Waals surface area contributed by atoms with Gasteiger partial charge in [-0.2, -0.15) is 0 Å². The number of carbonyl (C=O) groups is 2. The average Bonchev–Trinajstić information content (AvgIpc) is 2.50. The second-order valence-electron chi connectivity index (χ2n) is 3.19. The molecular formula is C11H9NO4. The highest BCUT2D eigenvalue weighted by molar-refractivity contribution is 6.19. The van der Waals surface area contributed by atoms with Crippen LogP contribution in [0.25, 0.3) is 0 Å². The van der Waals surface area contributed by atoms with Crippen molar-refractivity contribution in [3.05, 3.63) is 47.5 Å². The molecule has 2 aliphatic rings. The number of carboxylic acids is 1. The van der Waals surface area contributed by atoms with Gasteiger partial charge in [0.15, 0.2) is 17.9 Å². The minimum atomic E-state index is -1.27. The van der Waals surface area contributed by atoms with Crippen molar-refractivity contribution in [1.29, 1.82) is 0 Å². The zero-order valence-electron chi connectivity index (χ0n) is 8.27. The maximum atomic E-state index is 11.3. The van der Waals surface area contributed by atoms with Gasteiger partial charge in [0.2, 0.25) is 5.78 Å². The van der Waals surface area contributed by atoms with Crippen LogP contribution in [-0.4, -0.2) is 23.5 Å². The Morgan fingerprint density at radius 1 is 1.38 bits per heavy atom. The van der Waals surface area contributed by atoms with Gasteiger partial charge >= 0.3 is 5.97 Å². The number of nitrogens with one attached hydrogen (secondary N) is 1. The molecule has 0 aliphatic carbocycles. The SMILES string of the molecule is O=C(O)C1=C(C2=CC=CC=CN2)OCC1=O. The molecule has 0 unspecified atom stereocenters. The molecule has 2 heterocycles. The van der Waals surface area contributed by atoms with Crippen LogP contribution in [0.5, 0.6) is 0 Å². The summed E-state index contributed by atoms with van der Waals surface area (Å²) >= 11 is 0. The fourth-order valence-corrected chi connectivity index (χ4v) is 1.44. The first-order valence-electron chi connectivity index (χ1n) is 4.64. The van der Waals surface area contributed by atoms with E-state index in [0.717, 1.165) is 0 Å². The van der Waals surface area contributed by atoms with Crippen LogP contribution >= 0.6 is 0 Å². The second kappa shape index (κ2) is 4.06. The first-order chi connectivity index (χ1) is 7.70. The van der Waals surface area contributed by atoms with Crippen LogP contribution in [0.3, 0.4) is 0 Å². The first-order valence-corrected chi connectivity index (χ1v) is 4.64. The van der Waals surface area contributed by atoms with E-state index in [0.29, 0.717) is 5.70 Å². The van der Waals surface area contributed by atoms with E-state index in [9.17, 15) is 9.59 Å². The fraction of sp³-hybridized carbons (Fsp3) is 0.0909. The molecule has 0 fully saturated rings. The molecule has 0 aromatic rings. The van der Waals surface area contributed by atoms with Gasteiger partial charge in [-0.05, 0) is 12.2 Å². The number of ether oxygens (including phenoxy) is 1. The second-order valence-corrected chi connectivity index (χ2v) is 3.19. The van der Waals surface area contributed by atoms with Gasteiger partial charge < -0.3 is 15.2 Å². The van der Waals surface area contributed by atoms with Crippen molar-refractivity contribution in [2.75, 3.05) is 6.61 Å². The number of carboxylic acid groups (broad SMARTS) is 1. The Morgan fingerprint density at radius 2 is 2.19 bits per heavy atom. The number of hydrogen-bond donors (Lipinski definition) is 2. The van der Waals surface area contributed by atoms with E-state index in [-0.39, 0.29) is 17.9 Å². The monoisotopic (exact) mass is 219 g/mol. The van der Waals surface area contributed by atoms with E-state index >= 15 is 0 Å². The normalized spacial score (nSPS) is 19.0. The van der Waals surface area contributed by atoms with Crippen molar-refractivity contribution in [2.24, 2.45) is 0 Å². The highest BCUT2D eigenvalue weighted by Gasteiger charge is 2.32. The topological polar surface area (TPSA) is 75.6 Å². The summed E-state index contributed by atoms with van der Waals surface area (Å²) in [5, 5.41) is 11.8. The molecule has 16 heavy (non-hydrogen) atoms. The first kappa shape index (κ1) is 10.2. The van der Waals surface area contributed by atoms with Crippen LogP contribution in [0, 0.1) is 0 Å². The van der Waals surface area contributed by atoms with E-state index in [2.05, 4.69) is 5.32 Å². The number of rotatable bonds is 2. The summed E-state index contributed by atoms with van der Waals surface area (Å²) in [6.45, 7) is -0.219. The van der Waals surface area contributed by atoms with E-state index in [1.807, 2.05) is 0 Å². The molecule has 0 radical (unpaired) electrons. The molecule has 0 amide bonds. The lowest BCUT2D eigenvalue weighted by Crippen LogP contribution is -2.13. The maximum Gasteiger partial charge on any atom is 0.343 e. The Hall–Kier alpha value is -2.30. The van der Waals surface area contributed by atoms with E-state index < -0.39 is 11.8 Å². The van der Waals surface area contributed by atoms with Crippen LogP contribution in [0.1, 0.15) is 0 Å². The summed E-state index contributed by atoms with van der Waals surface area (Å²) < 4.78 is 5.08. The van der Waals surface area contributed by atoms with Gasteiger partial charge in [-0.25, -0.2) is 4.79 Å². The van der Waals surface area contributed by atoms with Crippen LogP contribution in [0.15, 0.2) is 47.5 Å². The zero-order valence-corrected chi connectivity index (χ0v) is 8.27. The Morgan fingerprint density at radius 3 is 2.94 bits per heavy atom.